The van der Waals surface area contributed by atoms with Gasteiger partial charge in [0.15, 0.2) is 0 Å². The maximum absolute atomic E-state index is 5.03. The largest absolute Gasteiger partial charge is 0.302 e. The van der Waals surface area contributed by atoms with E-state index in [1.54, 1.807) is 7.11 Å². The van der Waals surface area contributed by atoms with Gasteiger partial charge in [0.1, 0.15) is 0 Å². The van der Waals surface area contributed by atoms with E-state index in [-0.39, 0.29) is 0 Å². The predicted molar refractivity (Wildman–Crippen MR) is 37.0 cm³/mol. The van der Waals surface area contributed by atoms with Gasteiger partial charge in [-0.1, -0.05) is 11.6 Å². The standard InChI is InChI=1S/C7H13NO/c1-7-3-5-8(9-2)6-4-7/h3H,4-6H2,1-2H3. The fourth-order valence-corrected chi connectivity index (χ4v) is 0.918. The molecular weight excluding hydrogens is 114 g/mol. The van der Waals surface area contributed by atoms with Gasteiger partial charge >= 0.3 is 0 Å². The van der Waals surface area contributed by atoms with Crippen LogP contribution in [0.3, 0.4) is 0 Å². The Morgan fingerprint density at radius 3 is 2.89 bits per heavy atom. The molecule has 0 atom stereocenters. The molecule has 1 aliphatic rings. The zero-order valence-corrected chi connectivity index (χ0v) is 6.05. The maximum Gasteiger partial charge on any atom is 0.0575 e. The van der Waals surface area contributed by atoms with Crippen LogP contribution in [0, 0.1) is 0 Å². The molecule has 0 amide bonds. The second-order valence-corrected chi connectivity index (χ2v) is 2.37. The highest BCUT2D eigenvalue weighted by molar-refractivity contribution is 5.02. The number of hydrogen-bond donors (Lipinski definition) is 0. The number of hydroxylamine groups is 2. The van der Waals surface area contributed by atoms with Crippen LogP contribution in [-0.2, 0) is 4.84 Å². The molecule has 52 valence electrons. The second-order valence-electron chi connectivity index (χ2n) is 2.37. The molecule has 9 heavy (non-hydrogen) atoms. The van der Waals surface area contributed by atoms with Crippen molar-refractivity contribution in [3.8, 4) is 0 Å². The Morgan fingerprint density at radius 2 is 2.44 bits per heavy atom. The van der Waals surface area contributed by atoms with Gasteiger partial charge in [0, 0.05) is 13.1 Å². The molecule has 1 heterocycles. The van der Waals surface area contributed by atoms with Gasteiger partial charge in [-0.2, -0.15) is 5.06 Å². The van der Waals surface area contributed by atoms with Crippen LogP contribution in [0.15, 0.2) is 11.6 Å². The van der Waals surface area contributed by atoms with Gasteiger partial charge in [0.05, 0.1) is 7.11 Å². The van der Waals surface area contributed by atoms with Gasteiger partial charge in [-0.25, -0.2) is 0 Å². The molecule has 0 saturated carbocycles. The van der Waals surface area contributed by atoms with Crippen molar-refractivity contribution in [1.82, 2.24) is 5.06 Å². The summed E-state index contributed by atoms with van der Waals surface area (Å²) in [6.45, 7) is 4.15. The van der Waals surface area contributed by atoms with Gasteiger partial charge in [0.2, 0.25) is 0 Å². The van der Waals surface area contributed by atoms with E-state index in [0.29, 0.717) is 0 Å². The SMILES string of the molecule is CON1CC=C(C)CC1. The lowest BCUT2D eigenvalue weighted by Gasteiger charge is -2.21. The summed E-state index contributed by atoms with van der Waals surface area (Å²) in [7, 11) is 1.72. The van der Waals surface area contributed by atoms with Gasteiger partial charge in [-0.15, -0.1) is 0 Å². The van der Waals surface area contributed by atoms with Crippen LogP contribution in [0.1, 0.15) is 13.3 Å². The minimum atomic E-state index is 0.947. The van der Waals surface area contributed by atoms with Crippen LogP contribution in [0.4, 0.5) is 0 Å². The Hall–Kier alpha value is -0.340. The first kappa shape index (κ1) is 6.78. The Balaban J connectivity index is 2.36. The molecule has 0 aromatic heterocycles. The molecule has 1 rings (SSSR count). The zero-order valence-electron chi connectivity index (χ0n) is 6.05. The summed E-state index contributed by atoms with van der Waals surface area (Å²) >= 11 is 0. The van der Waals surface area contributed by atoms with Crippen LogP contribution in [0.25, 0.3) is 0 Å². The average molecular weight is 127 g/mol. The molecule has 0 unspecified atom stereocenters. The molecule has 0 aromatic carbocycles. The van der Waals surface area contributed by atoms with Gasteiger partial charge < -0.3 is 4.84 Å². The smallest absolute Gasteiger partial charge is 0.0575 e. The highest BCUT2D eigenvalue weighted by atomic mass is 16.7. The van der Waals surface area contributed by atoms with Crippen LogP contribution < -0.4 is 0 Å². The lowest BCUT2D eigenvalue weighted by atomic mass is 10.1. The summed E-state index contributed by atoms with van der Waals surface area (Å²) in [4.78, 5) is 5.03. The molecule has 2 heteroatoms. The lowest BCUT2D eigenvalue weighted by molar-refractivity contribution is -0.124. The van der Waals surface area contributed by atoms with Gasteiger partial charge in [-0.05, 0) is 13.3 Å². The topological polar surface area (TPSA) is 12.5 Å². The zero-order chi connectivity index (χ0) is 6.69. The lowest BCUT2D eigenvalue weighted by Crippen LogP contribution is -2.26. The first-order valence-electron chi connectivity index (χ1n) is 3.27. The van der Waals surface area contributed by atoms with Crippen LogP contribution in [-0.4, -0.2) is 25.3 Å². The molecular formula is C7H13NO. The number of rotatable bonds is 1. The summed E-state index contributed by atoms with van der Waals surface area (Å²) in [5, 5.41) is 1.95. The number of nitrogens with zero attached hydrogens (tertiary/aromatic N) is 1. The Morgan fingerprint density at radius 1 is 1.67 bits per heavy atom. The predicted octanol–water partition coefficient (Wildman–Crippen LogP) is 1.20. The molecule has 0 N–H and O–H groups in total. The van der Waals surface area contributed by atoms with Crippen LogP contribution >= 0.6 is 0 Å². The Bertz CT molecular complexity index is 120. The van der Waals surface area contributed by atoms with E-state index in [0.717, 1.165) is 19.5 Å². The van der Waals surface area contributed by atoms with E-state index in [2.05, 4.69) is 13.0 Å². The van der Waals surface area contributed by atoms with E-state index in [9.17, 15) is 0 Å². The second kappa shape index (κ2) is 2.99. The average Bonchev–Trinajstić information content (AvgIpc) is 1.90. The molecule has 0 saturated heterocycles. The third-order valence-corrected chi connectivity index (χ3v) is 1.66. The fraction of sp³-hybridized carbons (Fsp3) is 0.714. The van der Waals surface area contributed by atoms with Crippen molar-refractivity contribution in [3.63, 3.8) is 0 Å². The van der Waals surface area contributed by atoms with Crippen LogP contribution in [0.2, 0.25) is 0 Å². The monoisotopic (exact) mass is 127 g/mol. The van der Waals surface area contributed by atoms with Crippen LogP contribution in [0.5, 0.6) is 0 Å². The molecule has 0 radical (unpaired) electrons. The highest BCUT2D eigenvalue weighted by Crippen LogP contribution is 2.08. The van der Waals surface area contributed by atoms with Crippen molar-refractivity contribution in [3.05, 3.63) is 11.6 Å². The van der Waals surface area contributed by atoms with E-state index in [1.165, 1.54) is 5.57 Å². The molecule has 0 spiro atoms. The molecule has 2 nitrogen and oxygen atoms in total. The Kier molecular flexibility index (Phi) is 2.25. The van der Waals surface area contributed by atoms with Crippen molar-refractivity contribution in [1.29, 1.82) is 0 Å². The first-order valence-corrected chi connectivity index (χ1v) is 3.27. The van der Waals surface area contributed by atoms with Crippen molar-refractivity contribution in [2.24, 2.45) is 0 Å². The molecule has 0 aromatic rings. The van der Waals surface area contributed by atoms with E-state index < -0.39 is 0 Å². The highest BCUT2D eigenvalue weighted by Gasteiger charge is 2.06. The minimum Gasteiger partial charge on any atom is -0.302 e. The normalized spacial score (nSPS) is 21.8. The van der Waals surface area contributed by atoms with E-state index in [1.807, 2.05) is 5.06 Å². The molecule has 0 fully saturated rings. The summed E-state index contributed by atoms with van der Waals surface area (Å²) < 4.78 is 0. The van der Waals surface area contributed by atoms with Crippen molar-refractivity contribution in [2.45, 2.75) is 13.3 Å². The summed E-state index contributed by atoms with van der Waals surface area (Å²) in [6, 6.07) is 0. The van der Waals surface area contributed by atoms with Gasteiger partial charge in [-0.3, -0.25) is 0 Å². The van der Waals surface area contributed by atoms with Gasteiger partial charge in [0.25, 0.3) is 0 Å². The summed E-state index contributed by atoms with van der Waals surface area (Å²) in [6.07, 6.45) is 3.35. The summed E-state index contributed by atoms with van der Waals surface area (Å²) in [5.41, 5.74) is 1.48. The maximum atomic E-state index is 5.03. The fourth-order valence-electron chi connectivity index (χ4n) is 0.918. The van der Waals surface area contributed by atoms with Crippen molar-refractivity contribution in [2.75, 3.05) is 20.2 Å². The quantitative estimate of drug-likeness (QED) is 0.491. The number of hydrogen-bond acceptors (Lipinski definition) is 2. The molecule has 0 bridgehead atoms. The first-order chi connectivity index (χ1) is 4.33. The molecule has 1 aliphatic heterocycles. The minimum absolute atomic E-state index is 0.947. The third kappa shape index (κ3) is 1.80. The molecule has 0 aliphatic carbocycles. The van der Waals surface area contributed by atoms with Crippen molar-refractivity contribution < 1.29 is 4.84 Å². The van der Waals surface area contributed by atoms with Crippen molar-refractivity contribution >= 4 is 0 Å². The summed E-state index contributed by atoms with van der Waals surface area (Å²) in [5.74, 6) is 0. The van der Waals surface area contributed by atoms with E-state index in [4.69, 9.17) is 4.84 Å². The third-order valence-electron chi connectivity index (χ3n) is 1.66. The Labute approximate surface area is 56.1 Å². The van der Waals surface area contributed by atoms with E-state index >= 15 is 0 Å².